The highest BCUT2D eigenvalue weighted by molar-refractivity contribution is 6.00. The van der Waals surface area contributed by atoms with Gasteiger partial charge in [-0.3, -0.25) is 4.79 Å². The number of rotatable bonds is 6. The van der Waals surface area contributed by atoms with Gasteiger partial charge in [0, 0.05) is 23.3 Å². The molecular weight excluding hydrogens is 460 g/mol. The number of ketones is 1. The van der Waals surface area contributed by atoms with E-state index in [-0.39, 0.29) is 11.2 Å². The zero-order valence-electron chi connectivity index (χ0n) is 21.3. The number of aromatic nitrogens is 3. The molecule has 0 radical (unpaired) electrons. The van der Waals surface area contributed by atoms with E-state index in [1.54, 1.807) is 33.1 Å². The van der Waals surface area contributed by atoms with E-state index in [1.165, 1.54) is 0 Å². The predicted molar refractivity (Wildman–Crippen MR) is 135 cm³/mol. The molecule has 1 aliphatic carbocycles. The van der Waals surface area contributed by atoms with Crippen LogP contribution in [0.1, 0.15) is 38.3 Å². The Labute approximate surface area is 210 Å². The normalized spacial score (nSPS) is 18.2. The van der Waals surface area contributed by atoms with Crippen LogP contribution in [0, 0.1) is 5.41 Å². The fourth-order valence-corrected chi connectivity index (χ4v) is 5.06. The van der Waals surface area contributed by atoms with Gasteiger partial charge >= 0.3 is 0 Å². The number of nitrogens with zero attached hydrogens (tertiary/aromatic N) is 3. The third kappa shape index (κ3) is 3.94. The molecule has 3 aromatic rings. The van der Waals surface area contributed by atoms with Crippen LogP contribution in [-0.4, -0.2) is 49.0 Å². The Balaban J connectivity index is 1.72. The smallest absolute Gasteiger partial charge is 0.226 e. The van der Waals surface area contributed by atoms with Crippen LogP contribution in [0.5, 0.6) is 23.0 Å². The molecule has 0 fully saturated rings. The van der Waals surface area contributed by atoms with E-state index in [0.29, 0.717) is 46.8 Å². The summed E-state index contributed by atoms with van der Waals surface area (Å²) in [4.78, 5) is 18.4. The molecule has 1 N–H and O–H groups in total. The fraction of sp³-hybridized carbons (Fsp3) is 0.370. The first-order valence-electron chi connectivity index (χ1n) is 11.7. The number of anilines is 1. The molecule has 1 aromatic heterocycles. The number of carbonyl (C=O) groups is 1. The minimum Gasteiger partial charge on any atom is -0.497 e. The summed E-state index contributed by atoms with van der Waals surface area (Å²) >= 11 is 0. The SMILES string of the molecule is COc1cccc(-c2nc3n(n2)[C@H](c2cc(OC)c(OC)c(OC)c2)C2=C(CC(C)(C)CC2=O)N3)c1. The minimum absolute atomic E-state index is 0.0802. The molecule has 36 heavy (non-hydrogen) atoms. The summed E-state index contributed by atoms with van der Waals surface area (Å²) < 4.78 is 23.9. The lowest BCUT2D eigenvalue weighted by Gasteiger charge is -2.38. The molecule has 1 aliphatic heterocycles. The van der Waals surface area contributed by atoms with Gasteiger partial charge in [-0.25, -0.2) is 4.68 Å². The molecule has 2 heterocycles. The first-order chi connectivity index (χ1) is 17.3. The molecular formula is C27H30N4O5. The van der Waals surface area contributed by atoms with Crippen molar-refractivity contribution >= 4 is 11.7 Å². The zero-order chi connectivity index (χ0) is 25.6. The Morgan fingerprint density at radius 1 is 0.972 bits per heavy atom. The number of Topliss-reactive ketones (excluding diaryl/α,β-unsaturated/α-hetero) is 1. The Morgan fingerprint density at radius 3 is 2.33 bits per heavy atom. The van der Waals surface area contributed by atoms with Crippen molar-refractivity contribution in [2.45, 2.75) is 32.7 Å². The number of ether oxygens (including phenoxy) is 4. The summed E-state index contributed by atoms with van der Waals surface area (Å²) in [5.74, 6) is 3.38. The van der Waals surface area contributed by atoms with E-state index in [0.717, 1.165) is 23.2 Å². The van der Waals surface area contributed by atoms with Crippen molar-refractivity contribution < 1.29 is 23.7 Å². The lowest BCUT2D eigenvalue weighted by molar-refractivity contribution is -0.118. The number of hydrogen-bond acceptors (Lipinski definition) is 8. The Hall–Kier alpha value is -4.01. The quantitative estimate of drug-likeness (QED) is 0.534. The van der Waals surface area contributed by atoms with E-state index in [1.807, 2.05) is 36.4 Å². The largest absolute Gasteiger partial charge is 0.497 e. The average molecular weight is 491 g/mol. The van der Waals surface area contributed by atoms with Gasteiger partial charge in [0.1, 0.15) is 11.8 Å². The Bertz CT molecular complexity index is 1350. The van der Waals surface area contributed by atoms with Gasteiger partial charge in [0.2, 0.25) is 11.7 Å². The molecule has 0 saturated carbocycles. The standard InChI is InChI=1S/C27H30N4O5/c1-27(2)13-18-22(19(32)14-27)23(16-11-20(34-4)24(36-6)21(12-16)35-5)31-26(28-18)29-25(30-31)15-8-7-9-17(10-15)33-3/h7-12,23H,13-14H2,1-6H3,(H,28,29,30)/t23-/m1/s1. The summed E-state index contributed by atoms with van der Waals surface area (Å²) in [6.45, 7) is 4.21. The van der Waals surface area contributed by atoms with Gasteiger partial charge in [0.25, 0.3) is 0 Å². The average Bonchev–Trinajstić information content (AvgIpc) is 3.29. The van der Waals surface area contributed by atoms with Gasteiger partial charge in [0.15, 0.2) is 23.1 Å². The zero-order valence-corrected chi connectivity index (χ0v) is 21.3. The minimum atomic E-state index is -0.514. The second-order valence-corrected chi connectivity index (χ2v) is 9.75. The third-order valence-electron chi connectivity index (χ3n) is 6.66. The number of methoxy groups -OCH3 is 4. The van der Waals surface area contributed by atoms with Gasteiger partial charge in [-0.1, -0.05) is 26.0 Å². The maximum Gasteiger partial charge on any atom is 0.226 e. The van der Waals surface area contributed by atoms with Crippen molar-refractivity contribution in [2.75, 3.05) is 33.8 Å². The van der Waals surface area contributed by atoms with Crippen LogP contribution in [0.15, 0.2) is 47.7 Å². The van der Waals surface area contributed by atoms with Crippen LogP contribution in [0.4, 0.5) is 5.95 Å². The number of benzene rings is 2. The number of hydrogen-bond donors (Lipinski definition) is 1. The number of fused-ring (bicyclic) bond motifs is 1. The van der Waals surface area contributed by atoms with E-state index in [2.05, 4.69) is 19.2 Å². The van der Waals surface area contributed by atoms with Crippen LogP contribution < -0.4 is 24.3 Å². The van der Waals surface area contributed by atoms with Crippen molar-refractivity contribution in [3.05, 3.63) is 53.2 Å². The highest BCUT2D eigenvalue weighted by Crippen LogP contribution is 2.48. The topological polar surface area (TPSA) is 96.7 Å². The van der Waals surface area contributed by atoms with Gasteiger partial charge in [0.05, 0.1) is 28.4 Å². The van der Waals surface area contributed by atoms with E-state index >= 15 is 0 Å². The van der Waals surface area contributed by atoms with Crippen molar-refractivity contribution in [2.24, 2.45) is 5.41 Å². The van der Waals surface area contributed by atoms with Crippen LogP contribution in [0.2, 0.25) is 0 Å². The van der Waals surface area contributed by atoms with Gasteiger partial charge in [-0.15, -0.1) is 5.10 Å². The molecule has 0 spiro atoms. The molecule has 1 atom stereocenters. The van der Waals surface area contributed by atoms with Crippen LogP contribution in [0.25, 0.3) is 11.4 Å². The van der Waals surface area contributed by atoms with E-state index < -0.39 is 6.04 Å². The molecule has 0 amide bonds. The monoisotopic (exact) mass is 490 g/mol. The second-order valence-electron chi connectivity index (χ2n) is 9.75. The summed E-state index contributed by atoms with van der Waals surface area (Å²) in [5, 5.41) is 8.27. The van der Waals surface area contributed by atoms with Crippen LogP contribution in [-0.2, 0) is 4.79 Å². The summed E-state index contributed by atoms with van der Waals surface area (Å²) in [6.07, 6.45) is 1.16. The van der Waals surface area contributed by atoms with Crippen LogP contribution >= 0.6 is 0 Å². The molecule has 0 bridgehead atoms. The third-order valence-corrected chi connectivity index (χ3v) is 6.66. The number of nitrogens with one attached hydrogen (secondary N) is 1. The summed E-state index contributed by atoms with van der Waals surface area (Å²) in [5.41, 5.74) is 2.98. The van der Waals surface area contributed by atoms with Crippen molar-refractivity contribution in [3.8, 4) is 34.4 Å². The highest BCUT2D eigenvalue weighted by atomic mass is 16.5. The highest BCUT2D eigenvalue weighted by Gasteiger charge is 2.42. The van der Waals surface area contributed by atoms with Gasteiger partial charge in [-0.2, -0.15) is 4.98 Å². The molecule has 188 valence electrons. The molecule has 0 saturated heterocycles. The summed E-state index contributed by atoms with van der Waals surface area (Å²) in [7, 11) is 6.33. The number of carbonyl (C=O) groups excluding carboxylic acids is 1. The van der Waals surface area contributed by atoms with Gasteiger partial charge < -0.3 is 24.3 Å². The van der Waals surface area contributed by atoms with Crippen LogP contribution in [0.3, 0.4) is 0 Å². The van der Waals surface area contributed by atoms with Gasteiger partial charge in [-0.05, 0) is 41.7 Å². The molecule has 0 unspecified atom stereocenters. The first kappa shape index (κ1) is 23.7. The van der Waals surface area contributed by atoms with Crippen molar-refractivity contribution in [1.29, 1.82) is 0 Å². The Kier molecular flexibility index (Phi) is 5.86. The van der Waals surface area contributed by atoms with Crippen molar-refractivity contribution in [3.63, 3.8) is 0 Å². The molecule has 5 rings (SSSR count). The molecule has 2 aromatic carbocycles. The molecule has 9 heteroatoms. The maximum absolute atomic E-state index is 13.6. The predicted octanol–water partition coefficient (Wildman–Crippen LogP) is 4.64. The number of allylic oxidation sites excluding steroid dienone is 2. The Morgan fingerprint density at radius 2 is 1.69 bits per heavy atom. The fourth-order valence-electron chi connectivity index (χ4n) is 5.06. The lowest BCUT2D eigenvalue weighted by atomic mass is 9.73. The summed E-state index contributed by atoms with van der Waals surface area (Å²) in [6, 6.07) is 10.8. The molecule has 2 aliphatic rings. The second kappa shape index (κ2) is 8.89. The van der Waals surface area contributed by atoms with Crippen molar-refractivity contribution in [1.82, 2.24) is 14.8 Å². The van der Waals surface area contributed by atoms with E-state index in [4.69, 9.17) is 29.0 Å². The molecule has 9 nitrogen and oxygen atoms in total. The first-order valence-corrected chi connectivity index (χ1v) is 11.7. The maximum atomic E-state index is 13.6. The lowest BCUT2D eigenvalue weighted by Crippen LogP contribution is -2.36. The van der Waals surface area contributed by atoms with E-state index in [9.17, 15) is 4.79 Å².